The first kappa shape index (κ1) is 11.7. The number of hydrogen-bond acceptors (Lipinski definition) is 2. The van der Waals surface area contributed by atoms with Crippen LogP contribution in [0.2, 0.25) is 0 Å². The van der Waals surface area contributed by atoms with Gasteiger partial charge in [0.2, 0.25) is 0 Å². The van der Waals surface area contributed by atoms with Gasteiger partial charge in [-0.2, -0.15) is 0 Å². The van der Waals surface area contributed by atoms with Crippen LogP contribution in [-0.2, 0) is 0 Å². The standard InChI is InChI=1S/C4H4BF3NO.K/c1-3-9-2-4(10-3)5(6,7)8;/h2H,1H3;/q-1;+1. The molecule has 0 aliphatic rings. The van der Waals surface area contributed by atoms with Gasteiger partial charge in [0.05, 0.1) is 5.66 Å². The summed E-state index contributed by atoms with van der Waals surface area (Å²) in [5.41, 5.74) is -0.988. The monoisotopic (exact) mass is 189 g/mol. The molecular weight excluding hydrogens is 185 g/mol. The molecule has 0 atom stereocenters. The molecule has 0 aliphatic heterocycles. The van der Waals surface area contributed by atoms with Crippen molar-refractivity contribution in [3.63, 3.8) is 0 Å². The van der Waals surface area contributed by atoms with Crippen molar-refractivity contribution < 1.29 is 68.7 Å². The SMILES string of the molecule is Cc1ncc([B-](F)(F)F)o1.[K+]. The molecule has 0 N–H and O–H groups in total. The first-order chi connectivity index (χ1) is 4.50. The fraction of sp³-hybridized carbons (Fsp3) is 0.250. The zero-order valence-electron chi connectivity index (χ0n) is 6.14. The summed E-state index contributed by atoms with van der Waals surface area (Å²) in [5, 5.41) is 0. The molecule has 0 aliphatic carbocycles. The van der Waals surface area contributed by atoms with E-state index < -0.39 is 12.6 Å². The topological polar surface area (TPSA) is 26.0 Å². The van der Waals surface area contributed by atoms with Crippen LogP contribution in [0.3, 0.4) is 0 Å². The fourth-order valence-corrected chi connectivity index (χ4v) is 0.529. The second kappa shape index (κ2) is 4.09. The van der Waals surface area contributed by atoms with Crippen molar-refractivity contribution in [1.82, 2.24) is 4.98 Å². The summed E-state index contributed by atoms with van der Waals surface area (Å²) in [4.78, 5) is 3.31. The van der Waals surface area contributed by atoms with Crippen LogP contribution in [0, 0.1) is 6.92 Å². The first-order valence-corrected chi connectivity index (χ1v) is 2.62. The van der Waals surface area contributed by atoms with Crippen LogP contribution in [0.15, 0.2) is 10.6 Å². The van der Waals surface area contributed by atoms with Gasteiger partial charge < -0.3 is 17.4 Å². The van der Waals surface area contributed by atoms with E-state index >= 15 is 0 Å². The molecule has 0 saturated carbocycles. The van der Waals surface area contributed by atoms with Crippen LogP contribution >= 0.6 is 0 Å². The van der Waals surface area contributed by atoms with Crippen LogP contribution in [0.5, 0.6) is 0 Å². The Morgan fingerprint density at radius 1 is 1.45 bits per heavy atom. The predicted molar refractivity (Wildman–Crippen MR) is 30.0 cm³/mol. The number of hydrogen-bond donors (Lipinski definition) is 0. The van der Waals surface area contributed by atoms with Gasteiger partial charge in [-0.3, -0.25) is 0 Å². The Kier molecular flexibility index (Phi) is 4.35. The van der Waals surface area contributed by atoms with Crippen LogP contribution in [0.25, 0.3) is 0 Å². The second-order valence-corrected chi connectivity index (χ2v) is 1.86. The van der Waals surface area contributed by atoms with Gasteiger partial charge >= 0.3 is 58.4 Å². The molecule has 0 bridgehead atoms. The summed E-state index contributed by atoms with van der Waals surface area (Å²) in [7, 11) is 0. The number of nitrogens with zero attached hydrogens (tertiary/aromatic N) is 1. The number of halogens is 3. The summed E-state index contributed by atoms with van der Waals surface area (Å²) >= 11 is 0. The fourth-order valence-electron chi connectivity index (χ4n) is 0.529. The Labute approximate surface area is 104 Å². The Bertz CT molecular complexity index is 235. The largest absolute Gasteiger partial charge is 1.00 e. The zero-order chi connectivity index (χ0) is 7.78. The Hall–Kier alpha value is 0.701. The predicted octanol–water partition coefficient (Wildman–Crippen LogP) is -1.96. The van der Waals surface area contributed by atoms with Crippen molar-refractivity contribution in [2.24, 2.45) is 0 Å². The van der Waals surface area contributed by atoms with Gasteiger partial charge in [0.1, 0.15) is 0 Å². The number of aromatic nitrogens is 1. The molecule has 0 radical (unpaired) electrons. The maximum absolute atomic E-state index is 11.7. The molecule has 0 spiro atoms. The van der Waals surface area contributed by atoms with E-state index in [1.54, 1.807) is 0 Å². The van der Waals surface area contributed by atoms with Crippen molar-refractivity contribution in [3.05, 3.63) is 12.1 Å². The van der Waals surface area contributed by atoms with E-state index in [9.17, 15) is 12.9 Å². The number of rotatable bonds is 1. The number of oxazole rings is 1. The third-order valence-electron chi connectivity index (χ3n) is 0.962. The van der Waals surface area contributed by atoms with E-state index in [0.29, 0.717) is 6.20 Å². The minimum absolute atomic E-state index is 0. The van der Waals surface area contributed by atoms with Crippen molar-refractivity contribution >= 4 is 12.6 Å². The van der Waals surface area contributed by atoms with Gasteiger partial charge in [-0.05, 0) is 0 Å². The van der Waals surface area contributed by atoms with Crippen LogP contribution in [0.1, 0.15) is 5.89 Å². The molecule has 1 aromatic heterocycles. The molecular formula is C4H4BF3KNO. The molecule has 0 aromatic carbocycles. The normalized spacial score (nSPS) is 10.9. The molecule has 7 heteroatoms. The zero-order valence-corrected chi connectivity index (χ0v) is 9.27. The van der Waals surface area contributed by atoms with Gasteiger partial charge in [-0.15, -0.1) is 0 Å². The van der Waals surface area contributed by atoms with E-state index in [0.717, 1.165) is 0 Å². The molecule has 0 amide bonds. The molecule has 1 rings (SSSR count). The van der Waals surface area contributed by atoms with Crippen LogP contribution in [-0.4, -0.2) is 12.0 Å². The van der Waals surface area contributed by atoms with E-state index in [2.05, 4.69) is 9.40 Å². The van der Waals surface area contributed by atoms with Crippen LogP contribution < -0.4 is 57.0 Å². The summed E-state index contributed by atoms with van der Waals surface area (Å²) in [6.07, 6.45) is 0.690. The maximum atomic E-state index is 11.7. The molecule has 1 aromatic rings. The Morgan fingerprint density at radius 2 is 2.00 bits per heavy atom. The molecule has 1 heterocycles. The quantitative estimate of drug-likeness (QED) is 0.479. The summed E-state index contributed by atoms with van der Waals surface area (Å²) in [6.45, 7) is -3.65. The molecule has 11 heavy (non-hydrogen) atoms. The van der Waals surface area contributed by atoms with Crippen molar-refractivity contribution in [3.8, 4) is 0 Å². The third kappa shape index (κ3) is 3.29. The summed E-state index contributed by atoms with van der Waals surface area (Å²) < 4.78 is 39.4. The van der Waals surface area contributed by atoms with Crippen molar-refractivity contribution in [2.45, 2.75) is 6.92 Å². The molecule has 0 unspecified atom stereocenters. The average Bonchev–Trinajstić information content (AvgIpc) is 2.11. The van der Waals surface area contributed by atoms with Gasteiger partial charge in [-0.25, -0.2) is 4.98 Å². The van der Waals surface area contributed by atoms with Gasteiger partial charge in [0.25, 0.3) is 0 Å². The van der Waals surface area contributed by atoms with Crippen LogP contribution in [0.4, 0.5) is 12.9 Å². The average molecular weight is 189 g/mol. The van der Waals surface area contributed by atoms with Crippen molar-refractivity contribution in [2.75, 3.05) is 0 Å². The summed E-state index contributed by atoms with van der Waals surface area (Å²) in [6, 6.07) is 0. The molecule has 0 fully saturated rings. The minimum atomic E-state index is -5.01. The summed E-state index contributed by atoms with van der Waals surface area (Å²) in [5.74, 6) is 0.0363. The maximum Gasteiger partial charge on any atom is 1.00 e. The Balaban J connectivity index is 0.000001000. The van der Waals surface area contributed by atoms with Gasteiger partial charge in [0, 0.05) is 13.1 Å². The van der Waals surface area contributed by atoms with Gasteiger partial charge in [-0.1, -0.05) is 0 Å². The second-order valence-electron chi connectivity index (χ2n) is 1.86. The molecule has 0 saturated heterocycles. The molecule has 2 nitrogen and oxygen atoms in total. The van der Waals surface area contributed by atoms with E-state index in [1.807, 2.05) is 0 Å². The smallest absolute Gasteiger partial charge is 0.478 e. The third-order valence-corrected chi connectivity index (χ3v) is 0.962. The first-order valence-electron chi connectivity index (χ1n) is 2.62. The Morgan fingerprint density at radius 3 is 2.18 bits per heavy atom. The van der Waals surface area contributed by atoms with Gasteiger partial charge in [0.15, 0.2) is 5.89 Å². The number of aryl methyl sites for hydroxylation is 1. The van der Waals surface area contributed by atoms with E-state index in [4.69, 9.17) is 0 Å². The van der Waals surface area contributed by atoms with E-state index in [-0.39, 0.29) is 57.3 Å². The molecule has 56 valence electrons. The van der Waals surface area contributed by atoms with E-state index in [1.165, 1.54) is 6.92 Å². The van der Waals surface area contributed by atoms with Crippen molar-refractivity contribution in [1.29, 1.82) is 0 Å². The minimum Gasteiger partial charge on any atom is -0.478 e.